The van der Waals surface area contributed by atoms with Gasteiger partial charge < -0.3 is 19.9 Å². The van der Waals surface area contributed by atoms with Crippen molar-refractivity contribution in [2.24, 2.45) is 5.92 Å². The van der Waals surface area contributed by atoms with Gasteiger partial charge in [-0.3, -0.25) is 9.67 Å². The second kappa shape index (κ2) is 12.0. The molecule has 0 saturated heterocycles. The number of ether oxygens (including phenoxy) is 3. The second-order valence-electron chi connectivity index (χ2n) is 13.2. The molecule has 1 fully saturated rings. The Hall–Kier alpha value is -4.52. The molecule has 1 aliphatic carbocycles. The molecular weight excluding hydrogens is 622 g/mol. The van der Waals surface area contributed by atoms with Crippen LogP contribution in [0.15, 0.2) is 48.9 Å². The number of nitrogens with two attached hydrogens (primary N) is 1. The quantitative estimate of drug-likeness (QED) is 0.204. The van der Waals surface area contributed by atoms with Gasteiger partial charge in [-0.1, -0.05) is 11.6 Å². The predicted octanol–water partition coefficient (Wildman–Crippen LogP) is 8.24. The number of rotatable bonds is 6. The first kappa shape index (κ1) is 32.9. The average molecular weight is 657 g/mol. The zero-order valence-electron chi connectivity index (χ0n) is 26.3. The van der Waals surface area contributed by atoms with E-state index in [1.807, 2.05) is 0 Å². The highest BCUT2D eigenvalue weighted by molar-refractivity contribution is 6.36. The van der Waals surface area contributed by atoms with Crippen LogP contribution in [0.25, 0.3) is 22.3 Å². The van der Waals surface area contributed by atoms with E-state index in [0.717, 1.165) is 4.90 Å². The molecule has 4 aromatic rings. The summed E-state index contributed by atoms with van der Waals surface area (Å²) in [5.74, 6) is -2.30. The number of imide groups is 1. The molecule has 0 unspecified atom stereocenters. The molecule has 244 valence electrons. The van der Waals surface area contributed by atoms with E-state index in [9.17, 15) is 18.4 Å². The van der Waals surface area contributed by atoms with Crippen LogP contribution in [0.1, 0.15) is 54.4 Å². The van der Waals surface area contributed by atoms with Crippen molar-refractivity contribution < 1.29 is 32.6 Å². The molecule has 0 spiro atoms. The minimum Gasteiger partial charge on any atom is -0.456 e. The lowest BCUT2D eigenvalue weighted by molar-refractivity contribution is -0.114. The van der Waals surface area contributed by atoms with Crippen LogP contribution in [-0.4, -0.2) is 49.1 Å². The summed E-state index contributed by atoms with van der Waals surface area (Å²) in [6.07, 6.45) is 2.65. The van der Waals surface area contributed by atoms with E-state index < -0.39 is 29.3 Å². The molecule has 0 atom stereocenters. The highest BCUT2D eigenvalue weighted by atomic mass is 35.5. The summed E-state index contributed by atoms with van der Waals surface area (Å²) in [4.78, 5) is 36.2. The fraction of sp³-hybridized carbons (Fsp3) is 0.406. The molecule has 2 amide bonds. The van der Waals surface area contributed by atoms with Crippen LogP contribution in [0.5, 0.6) is 11.5 Å². The Labute approximate surface area is 269 Å². The molecule has 5 rings (SSSR count). The summed E-state index contributed by atoms with van der Waals surface area (Å²) in [7, 11) is 0. The number of hydrogen-bond donors (Lipinski definition) is 1. The van der Waals surface area contributed by atoms with Crippen molar-refractivity contribution >= 4 is 46.2 Å². The number of hydrogen-bond acceptors (Lipinski definition) is 9. The van der Waals surface area contributed by atoms with E-state index in [1.54, 1.807) is 83.0 Å². The first-order valence-corrected chi connectivity index (χ1v) is 14.9. The van der Waals surface area contributed by atoms with Crippen LogP contribution >= 0.6 is 11.6 Å². The number of halogens is 3. The monoisotopic (exact) mass is 656 g/mol. The van der Waals surface area contributed by atoms with Crippen molar-refractivity contribution in [3.8, 4) is 22.8 Å². The summed E-state index contributed by atoms with van der Waals surface area (Å²) >= 11 is 6.76. The predicted molar refractivity (Wildman–Crippen MR) is 169 cm³/mol. The van der Waals surface area contributed by atoms with Crippen LogP contribution < -0.4 is 15.4 Å². The Morgan fingerprint density at radius 1 is 1.04 bits per heavy atom. The van der Waals surface area contributed by atoms with Gasteiger partial charge in [0.15, 0.2) is 0 Å². The van der Waals surface area contributed by atoms with Crippen molar-refractivity contribution in [1.82, 2.24) is 19.7 Å². The first-order chi connectivity index (χ1) is 21.4. The number of nitrogen functional groups attached to an aromatic ring is 1. The summed E-state index contributed by atoms with van der Waals surface area (Å²) in [6.45, 7) is 10.4. The van der Waals surface area contributed by atoms with Gasteiger partial charge in [-0.2, -0.15) is 10.00 Å². The van der Waals surface area contributed by atoms with E-state index in [1.165, 1.54) is 12.1 Å². The van der Waals surface area contributed by atoms with Crippen LogP contribution in [0, 0.1) is 5.92 Å². The van der Waals surface area contributed by atoms with Gasteiger partial charge >= 0.3 is 12.2 Å². The summed E-state index contributed by atoms with van der Waals surface area (Å²) in [6, 6.07) is 7.72. The maximum atomic E-state index is 13.2. The first-order valence-electron chi connectivity index (χ1n) is 14.6. The second-order valence-corrected chi connectivity index (χ2v) is 13.6. The van der Waals surface area contributed by atoms with E-state index in [-0.39, 0.29) is 46.7 Å². The molecule has 2 N–H and O–H groups in total. The minimum absolute atomic E-state index is 0.0115. The Balaban J connectivity index is 1.42. The van der Waals surface area contributed by atoms with Gasteiger partial charge in [-0.05, 0) is 71.7 Å². The number of benzene rings is 2. The third kappa shape index (κ3) is 7.64. The van der Waals surface area contributed by atoms with Gasteiger partial charge in [-0.15, -0.1) is 0 Å². The van der Waals surface area contributed by atoms with Crippen molar-refractivity contribution in [3.05, 3.63) is 53.9 Å². The van der Waals surface area contributed by atoms with E-state index in [0.29, 0.717) is 28.8 Å². The molecule has 46 heavy (non-hydrogen) atoms. The molecule has 11 nitrogen and oxygen atoms in total. The third-order valence-electron chi connectivity index (χ3n) is 6.79. The lowest BCUT2D eigenvalue weighted by atomic mass is 9.81. The van der Waals surface area contributed by atoms with Crippen LogP contribution in [0.2, 0.25) is 5.02 Å². The molecular formula is C32H35ClF2N6O5. The number of fused-ring (bicyclic) bond motifs is 1. The Kier molecular flexibility index (Phi) is 8.58. The number of carbonyl (C=O) groups is 2. The zero-order chi connectivity index (χ0) is 33.6. The van der Waals surface area contributed by atoms with Gasteiger partial charge in [0.05, 0.1) is 35.0 Å². The number of alkyl halides is 2. The van der Waals surface area contributed by atoms with Gasteiger partial charge in [0.2, 0.25) is 5.92 Å². The van der Waals surface area contributed by atoms with Gasteiger partial charge in [0.25, 0.3) is 0 Å². The molecule has 0 bridgehead atoms. The van der Waals surface area contributed by atoms with Gasteiger partial charge in [-0.25, -0.2) is 23.4 Å². The normalized spacial score (nSPS) is 14.9. The van der Waals surface area contributed by atoms with Gasteiger partial charge in [0, 0.05) is 37.2 Å². The molecule has 0 radical (unpaired) electrons. The smallest absolute Gasteiger partial charge is 0.424 e. The average Bonchev–Trinajstić information content (AvgIpc) is 3.37. The maximum Gasteiger partial charge on any atom is 0.424 e. The molecule has 0 aliphatic heterocycles. The van der Waals surface area contributed by atoms with E-state index in [2.05, 4.69) is 15.1 Å². The molecule has 1 saturated carbocycles. The number of anilines is 2. The van der Waals surface area contributed by atoms with Gasteiger partial charge in [0.1, 0.15) is 33.2 Å². The van der Waals surface area contributed by atoms with Crippen LogP contribution in [0.4, 0.5) is 29.7 Å². The number of aromatic nitrogens is 4. The van der Waals surface area contributed by atoms with Crippen LogP contribution in [0.3, 0.4) is 0 Å². The fourth-order valence-electron chi connectivity index (χ4n) is 4.81. The molecule has 2 heterocycles. The number of amides is 2. The number of nitrogens with zero attached hydrogens (tertiary/aromatic N) is 5. The summed E-state index contributed by atoms with van der Waals surface area (Å²) in [5.41, 5.74) is 6.46. The summed E-state index contributed by atoms with van der Waals surface area (Å²) < 4.78 is 45.2. The Morgan fingerprint density at radius 2 is 1.70 bits per heavy atom. The van der Waals surface area contributed by atoms with Crippen molar-refractivity contribution in [1.29, 1.82) is 0 Å². The lowest BCUT2D eigenvalue weighted by Gasteiger charge is -2.34. The highest BCUT2D eigenvalue weighted by Gasteiger charge is 2.45. The van der Waals surface area contributed by atoms with Crippen molar-refractivity contribution in [3.63, 3.8) is 0 Å². The topological polar surface area (TPSA) is 135 Å². The third-order valence-corrected chi connectivity index (χ3v) is 7.15. The fourth-order valence-corrected chi connectivity index (χ4v) is 5.05. The van der Waals surface area contributed by atoms with Crippen LogP contribution in [-0.2, 0) is 16.0 Å². The largest absolute Gasteiger partial charge is 0.456 e. The highest BCUT2D eigenvalue weighted by Crippen LogP contribution is 2.43. The minimum atomic E-state index is -2.59. The van der Waals surface area contributed by atoms with E-state index >= 15 is 0 Å². The SMILES string of the molecule is CC(C)(C)OC(=O)N(C(=O)OC(C)(C)C)c1cc(Oc2ccc3ncc(-c4cnn(CC5CC(F)(F)C5)c4)nc3c2Cl)ccc1N. The maximum absolute atomic E-state index is 13.2. The van der Waals surface area contributed by atoms with Crippen molar-refractivity contribution in [2.45, 2.75) is 78.1 Å². The molecule has 14 heteroatoms. The molecule has 2 aromatic carbocycles. The van der Waals surface area contributed by atoms with Crippen molar-refractivity contribution in [2.75, 3.05) is 10.6 Å². The molecule has 2 aromatic heterocycles. The molecule has 1 aliphatic rings. The summed E-state index contributed by atoms with van der Waals surface area (Å²) in [5, 5.41) is 4.46. The Bertz CT molecular complexity index is 1760. The van der Waals surface area contributed by atoms with E-state index in [4.69, 9.17) is 31.5 Å². The lowest BCUT2D eigenvalue weighted by Crippen LogP contribution is -2.44. The zero-order valence-corrected chi connectivity index (χ0v) is 27.1. The standard InChI is InChI=1S/C32H35ClF2N6O5/c1-30(2,3)45-28(42)41(29(43)46-31(4,5)6)24-11-20(7-8-21(24)36)44-25-10-9-22-27(26(25)33)39-23(15-37-22)19-14-38-40(17-19)16-18-12-32(34,35)13-18/h7-11,14-15,17-18H,12-13,16,36H2,1-6H3. The number of carbonyl (C=O) groups excluding carboxylic acids is 2. The Morgan fingerprint density at radius 3 is 2.30 bits per heavy atom.